The molecule has 11 nitrogen and oxygen atoms in total. The van der Waals surface area contributed by atoms with Crippen LogP contribution in [0.1, 0.15) is 36.8 Å². The van der Waals surface area contributed by atoms with Crippen molar-refractivity contribution in [2.45, 2.75) is 56.6 Å². The minimum atomic E-state index is -4.20. The van der Waals surface area contributed by atoms with E-state index in [0.29, 0.717) is 6.42 Å². The lowest BCUT2D eigenvalue weighted by Crippen LogP contribution is -2.49. The summed E-state index contributed by atoms with van der Waals surface area (Å²) in [6.07, 6.45) is 4.19. The number of nitrogens with zero attached hydrogens (tertiary/aromatic N) is 2. The van der Waals surface area contributed by atoms with E-state index in [0.717, 1.165) is 47.5 Å². The van der Waals surface area contributed by atoms with Gasteiger partial charge in [0.25, 0.3) is 5.91 Å². The number of benzene rings is 2. The number of aliphatic carboxylic acids is 1. The Balaban J connectivity index is 1.27. The Hall–Kier alpha value is -4.29. The van der Waals surface area contributed by atoms with Crippen molar-refractivity contribution in [3.8, 4) is 11.1 Å². The number of oxime groups is 1. The van der Waals surface area contributed by atoms with Crippen molar-refractivity contribution in [3.63, 3.8) is 0 Å². The molecule has 1 amide bonds. The second kappa shape index (κ2) is 14.1. The first-order valence-corrected chi connectivity index (χ1v) is 15.2. The predicted molar refractivity (Wildman–Crippen MR) is 160 cm³/mol. The average molecular weight is 594 g/mol. The normalized spacial score (nSPS) is 15.4. The molecule has 42 heavy (non-hydrogen) atoms. The summed E-state index contributed by atoms with van der Waals surface area (Å²) in [4.78, 5) is 34.1. The summed E-state index contributed by atoms with van der Waals surface area (Å²) in [6.45, 7) is 3.90. The lowest BCUT2D eigenvalue weighted by molar-refractivity contribution is -0.138. The van der Waals surface area contributed by atoms with Crippen LogP contribution in [0.3, 0.4) is 0 Å². The Morgan fingerprint density at radius 1 is 1.05 bits per heavy atom. The van der Waals surface area contributed by atoms with Gasteiger partial charge in [0, 0.05) is 25.7 Å². The molecule has 12 heteroatoms. The molecule has 1 aliphatic heterocycles. The topological polar surface area (TPSA) is 159 Å². The number of pyridine rings is 1. The molecular weight excluding hydrogens is 558 g/mol. The lowest BCUT2D eigenvalue weighted by Gasteiger charge is -2.17. The fourth-order valence-corrected chi connectivity index (χ4v) is 6.13. The summed E-state index contributed by atoms with van der Waals surface area (Å²) in [6, 6.07) is 16.7. The van der Waals surface area contributed by atoms with E-state index in [1.165, 1.54) is 12.1 Å². The Kier molecular flexibility index (Phi) is 10.3. The van der Waals surface area contributed by atoms with Gasteiger partial charge in [0.2, 0.25) is 10.0 Å². The van der Waals surface area contributed by atoms with Gasteiger partial charge in [0.15, 0.2) is 0 Å². The number of aromatic nitrogens is 1. The Morgan fingerprint density at radius 2 is 1.76 bits per heavy atom. The summed E-state index contributed by atoms with van der Waals surface area (Å²) in [5.41, 5.74) is 3.48. The highest BCUT2D eigenvalue weighted by molar-refractivity contribution is 7.89. The number of sulfonamides is 1. The average Bonchev–Trinajstić information content (AvgIpc) is 3.44. The maximum absolute atomic E-state index is 13.1. The van der Waals surface area contributed by atoms with Crippen LogP contribution in [0.5, 0.6) is 0 Å². The van der Waals surface area contributed by atoms with E-state index >= 15 is 0 Å². The van der Waals surface area contributed by atoms with Crippen LogP contribution >= 0.6 is 0 Å². The number of unbranched alkanes of at least 4 members (excludes halogenated alkanes) is 1. The molecule has 2 aromatic carbocycles. The zero-order chi connectivity index (χ0) is 30.1. The molecule has 0 saturated heterocycles. The summed E-state index contributed by atoms with van der Waals surface area (Å²) < 4.78 is 28.5. The van der Waals surface area contributed by atoms with E-state index in [2.05, 4.69) is 25.5 Å². The van der Waals surface area contributed by atoms with Gasteiger partial charge in [-0.2, -0.15) is 4.72 Å². The summed E-state index contributed by atoms with van der Waals surface area (Å²) >= 11 is 0. The first-order valence-electron chi connectivity index (χ1n) is 13.7. The highest BCUT2D eigenvalue weighted by atomic mass is 32.2. The molecule has 4 rings (SSSR count). The minimum Gasteiger partial charge on any atom is -0.480 e. The molecule has 0 saturated carbocycles. The van der Waals surface area contributed by atoms with Crippen molar-refractivity contribution in [1.82, 2.24) is 15.0 Å². The van der Waals surface area contributed by atoms with Gasteiger partial charge < -0.3 is 20.6 Å². The van der Waals surface area contributed by atoms with Gasteiger partial charge in [-0.1, -0.05) is 41.6 Å². The number of hydrogen-bond donors (Lipinski definition) is 4. The molecule has 0 spiro atoms. The SMILES string of the molecule is Cc1cc(S(=O)(=O)N[C@@H](CNC(=O)C2=NOC(CCCCNc3ccccn3)C2)C(=O)O)cc(C)c1-c1ccccc1. The fourth-order valence-electron chi connectivity index (χ4n) is 4.77. The molecular formula is C30H35N5O6S. The molecule has 0 aliphatic carbocycles. The number of carbonyl (C=O) groups excluding carboxylic acids is 1. The third kappa shape index (κ3) is 8.14. The van der Waals surface area contributed by atoms with Gasteiger partial charge in [-0.05, 0) is 79.6 Å². The van der Waals surface area contributed by atoms with Crippen LogP contribution in [0.4, 0.5) is 5.82 Å². The standard InChI is InChI=1S/C30H35N5O6S/c1-20-16-24(17-21(2)28(20)22-10-4-3-5-11-22)42(39,40)35-26(30(37)38)19-33-29(36)25-18-23(41-34-25)12-6-8-14-31-27-13-7-9-15-32-27/h3-5,7,9-11,13,15-17,23,26,35H,6,8,12,14,18-19H2,1-2H3,(H,31,32)(H,33,36)(H,37,38)/t23?,26-/m0/s1. The highest BCUT2D eigenvalue weighted by Gasteiger charge is 2.30. The summed E-state index contributed by atoms with van der Waals surface area (Å²) in [5.74, 6) is -1.21. The van der Waals surface area contributed by atoms with Gasteiger partial charge in [-0.3, -0.25) is 9.59 Å². The maximum Gasteiger partial charge on any atom is 0.323 e. The van der Waals surface area contributed by atoms with Crippen LogP contribution in [0.15, 0.2) is 76.9 Å². The molecule has 1 unspecified atom stereocenters. The van der Waals surface area contributed by atoms with Crippen LogP contribution in [0.2, 0.25) is 0 Å². The molecule has 0 bridgehead atoms. The van der Waals surface area contributed by atoms with E-state index in [-0.39, 0.29) is 23.1 Å². The minimum absolute atomic E-state index is 0.0543. The largest absolute Gasteiger partial charge is 0.480 e. The lowest BCUT2D eigenvalue weighted by atomic mass is 9.96. The van der Waals surface area contributed by atoms with Crippen molar-refractivity contribution in [3.05, 3.63) is 78.0 Å². The van der Waals surface area contributed by atoms with E-state index in [9.17, 15) is 23.1 Å². The van der Waals surface area contributed by atoms with E-state index < -0.39 is 34.5 Å². The van der Waals surface area contributed by atoms with Crippen LogP contribution in [0, 0.1) is 13.8 Å². The van der Waals surface area contributed by atoms with Gasteiger partial charge in [-0.25, -0.2) is 13.4 Å². The van der Waals surface area contributed by atoms with Gasteiger partial charge in [0.1, 0.15) is 23.7 Å². The van der Waals surface area contributed by atoms with Crippen molar-refractivity contribution in [2.75, 3.05) is 18.4 Å². The molecule has 4 N–H and O–H groups in total. The van der Waals surface area contributed by atoms with Crippen LogP contribution < -0.4 is 15.4 Å². The molecule has 2 atom stereocenters. The number of carboxylic acids is 1. The summed E-state index contributed by atoms with van der Waals surface area (Å²) in [7, 11) is -4.20. The third-order valence-electron chi connectivity index (χ3n) is 6.86. The molecule has 1 aliphatic rings. The number of aryl methyl sites for hydroxylation is 2. The number of carboxylic acid groups (broad SMARTS) is 1. The first-order chi connectivity index (χ1) is 20.1. The summed E-state index contributed by atoms with van der Waals surface area (Å²) in [5, 5.41) is 19.2. The van der Waals surface area contributed by atoms with Gasteiger partial charge in [-0.15, -0.1) is 0 Å². The van der Waals surface area contributed by atoms with Crippen LogP contribution in [-0.4, -0.2) is 61.3 Å². The van der Waals surface area contributed by atoms with Crippen molar-refractivity contribution in [2.24, 2.45) is 5.16 Å². The molecule has 222 valence electrons. The molecule has 1 aromatic heterocycles. The molecule has 0 fully saturated rings. The quantitative estimate of drug-likeness (QED) is 0.206. The Bertz CT molecular complexity index is 1510. The van der Waals surface area contributed by atoms with Crippen molar-refractivity contribution in [1.29, 1.82) is 0 Å². The van der Waals surface area contributed by atoms with E-state index in [1.54, 1.807) is 20.0 Å². The number of rotatable bonds is 14. The fraction of sp³-hybridized carbons (Fsp3) is 0.333. The molecule has 3 aromatic rings. The van der Waals surface area contributed by atoms with Crippen LogP contribution in [-0.2, 0) is 24.4 Å². The Morgan fingerprint density at radius 3 is 2.43 bits per heavy atom. The monoisotopic (exact) mass is 593 g/mol. The number of anilines is 1. The third-order valence-corrected chi connectivity index (χ3v) is 8.31. The van der Waals surface area contributed by atoms with Gasteiger partial charge in [0.05, 0.1) is 4.90 Å². The van der Waals surface area contributed by atoms with Crippen LogP contribution in [0.25, 0.3) is 11.1 Å². The number of nitrogens with one attached hydrogen (secondary N) is 3. The number of amides is 1. The predicted octanol–water partition coefficient (Wildman–Crippen LogP) is 3.64. The smallest absolute Gasteiger partial charge is 0.323 e. The maximum atomic E-state index is 13.1. The van der Waals surface area contributed by atoms with E-state index in [4.69, 9.17) is 4.84 Å². The first kappa shape index (κ1) is 30.7. The highest BCUT2D eigenvalue weighted by Crippen LogP contribution is 2.29. The zero-order valence-electron chi connectivity index (χ0n) is 23.5. The second-order valence-electron chi connectivity index (χ2n) is 10.1. The molecule has 2 heterocycles. The Labute approximate surface area is 245 Å². The number of hydrogen-bond acceptors (Lipinski definition) is 8. The van der Waals surface area contributed by atoms with E-state index in [1.807, 2.05) is 48.5 Å². The van der Waals surface area contributed by atoms with Crippen molar-refractivity contribution >= 4 is 33.4 Å². The second-order valence-corrected chi connectivity index (χ2v) is 11.8. The van der Waals surface area contributed by atoms with Gasteiger partial charge >= 0.3 is 5.97 Å². The molecule has 0 radical (unpaired) electrons. The number of carbonyl (C=O) groups is 2. The zero-order valence-corrected chi connectivity index (χ0v) is 24.4. The van der Waals surface area contributed by atoms with Crippen molar-refractivity contribution < 1.29 is 28.0 Å².